The average Bonchev–Trinajstić information content (AvgIpc) is 2.61. The normalized spacial score (nSPS) is 12.8. The molecule has 0 aliphatic heterocycles. The third-order valence-electron chi connectivity index (χ3n) is 4.40. The molecule has 0 saturated heterocycles. The van der Waals surface area contributed by atoms with Crippen molar-refractivity contribution in [1.29, 1.82) is 0 Å². The lowest BCUT2D eigenvalue weighted by Crippen LogP contribution is -2.41. The molecule has 2 aromatic carbocycles. The molecule has 0 spiro atoms. The first-order valence-corrected chi connectivity index (χ1v) is 11.0. The van der Waals surface area contributed by atoms with Crippen molar-refractivity contribution in [2.45, 2.75) is 32.9 Å². The lowest BCUT2D eigenvalue weighted by Gasteiger charge is -2.23. The summed E-state index contributed by atoms with van der Waals surface area (Å²) in [5, 5.41) is 3.42. The molecule has 0 aliphatic rings. The second-order valence-corrected chi connectivity index (χ2v) is 8.90. The van der Waals surface area contributed by atoms with E-state index < -0.39 is 10.0 Å². The minimum absolute atomic E-state index is 0.0487. The number of nitrogens with one attached hydrogen (secondary N) is 1. The summed E-state index contributed by atoms with van der Waals surface area (Å²) in [6.07, 6.45) is 1.80. The Morgan fingerprint density at radius 3 is 2.37 bits per heavy atom. The van der Waals surface area contributed by atoms with Crippen LogP contribution in [0, 0.1) is 6.92 Å². The number of hydrogen-bond acceptors (Lipinski definition) is 3. The molecule has 0 heterocycles. The van der Waals surface area contributed by atoms with Gasteiger partial charge in [-0.1, -0.05) is 61.0 Å². The fourth-order valence-corrected chi connectivity index (χ4v) is 3.81. The van der Waals surface area contributed by atoms with Crippen molar-refractivity contribution in [3.63, 3.8) is 0 Å². The van der Waals surface area contributed by atoms with Crippen LogP contribution in [0.2, 0.25) is 5.02 Å². The minimum atomic E-state index is -3.58. The van der Waals surface area contributed by atoms with Crippen molar-refractivity contribution in [1.82, 2.24) is 9.62 Å². The number of benzene rings is 2. The summed E-state index contributed by atoms with van der Waals surface area (Å²) in [6.45, 7) is 3.76. The van der Waals surface area contributed by atoms with E-state index in [4.69, 9.17) is 11.6 Å². The van der Waals surface area contributed by atoms with Gasteiger partial charge in [-0.15, -0.1) is 0 Å². The summed E-state index contributed by atoms with van der Waals surface area (Å²) in [4.78, 5) is 12.6. The van der Waals surface area contributed by atoms with Gasteiger partial charge >= 0.3 is 0 Å². The van der Waals surface area contributed by atoms with Gasteiger partial charge < -0.3 is 5.32 Å². The fourth-order valence-electron chi connectivity index (χ4n) is 2.88. The van der Waals surface area contributed by atoms with Crippen molar-refractivity contribution < 1.29 is 13.2 Å². The number of carbonyl (C=O) groups is 1. The average molecular weight is 409 g/mol. The summed E-state index contributed by atoms with van der Waals surface area (Å²) in [7, 11) is -3.58. The zero-order valence-corrected chi connectivity index (χ0v) is 17.3. The third-order valence-corrected chi connectivity index (χ3v) is 5.97. The van der Waals surface area contributed by atoms with Crippen LogP contribution in [0.4, 0.5) is 0 Å². The van der Waals surface area contributed by atoms with Crippen molar-refractivity contribution in [3.8, 4) is 0 Å². The highest BCUT2D eigenvalue weighted by Gasteiger charge is 2.23. The Balaban J connectivity index is 2.14. The van der Waals surface area contributed by atoms with Crippen molar-refractivity contribution in [2.24, 2.45) is 0 Å². The summed E-state index contributed by atoms with van der Waals surface area (Å²) < 4.78 is 25.5. The number of rotatable bonds is 8. The highest BCUT2D eigenvalue weighted by atomic mass is 35.5. The number of hydrogen-bond donors (Lipinski definition) is 1. The quantitative estimate of drug-likeness (QED) is 0.724. The van der Waals surface area contributed by atoms with Crippen molar-refractivity contribution in [3.05, 3.63) is 70.2 Å². The van der Waals surface area contributed by atoms with Gasteiger partial charge in [-0.05, 0) is 36.1 Å². The van der Waals surface area contributed by atoms with E-state index in [-0.39, 0.29) is 25.0 Å². The van der Waals surface area contributed by atoms with Gasteiger partial charge in [-0.25, -0.2) is 8.42 Å². The van der Waals surface area contributed by atoms with Crippen LogP contribution in [0.15, 0.2) is 48.5 Å². The van der Waals surface area contributed by atoms with Crippen LogP contribution in [0.5, 0.6) is 0 Å². The minimum Gasteiger partial charge on any atom is -0.348 e. The fraction of sp³-hybridized carbons (Fsp3) is 0.350. The van der Waals surface area contributed by atoms with Crippen LogP contribution in [-0.4, -0.2) is 31.4 Å². The predicted molar refractivity (Wildman–Crippen MR) is 109 cm³/mol. The lowest BCUT2D eigenvalue weighted by molar-refractivity contribution is -0.122. The van der Waals surface area contributed by atoms with E-state index in [1.54, 1.807) is 24.3 Å². The van der Waals surface area contributed by atoms with E-state index >= 15 is 0 Å². The maximum Gasteiger partial charge on any atom is 0.235 e. The van der Waals surface area contributed by atoms with Crippen molar-refractivity contribution in [2.75, 3.05) is 12.8 Å². The van der Waals surface area contributed by atoms with Gasteiger partial charge in [0.15, 0.2) is 0 Å². The molecule has 5 nitrogen and oxygen atoms in total. The van der Waals surface area contributed by atoms with Gasteiger partial charge in [0, 0.05) is 11.6 Å². The summed E-state index contributed by atoms with van der Waals surface area (Å²) in [6, 6.07) is 14.7. The molecular weight excluding hydrogens is 384 g/mol. The Morgan fingerprint density at radius 1 is 1.15 bits per heavy atom. The second kappa shape index (κ2) is 9.35. The second-order valence-electron chi connectivity index (χ2n) is 6.51. The molecular formula is C20H25ClN2O3S. The molecule has 2 aromatic rings. The van der Waals surface area contributed by atoms with Gasteiger partial charge in [0.05, 0.1) is 18.8 Å². The molecule has 0 fully saturated rings. The maximum atomic E-state index is 12.6. The Labute approximate surface area is 166 Å². The Morgan fingerprint density at radius 2 is 1.78 bits per heavy atom. The maximum absolute atomic E-state index is 12.6. The molecule has 0 radical (unpaired) electrons. The van der Waals surface area contributed by atoms with Gasteiger partial charge in [0.2, 0.25) is 15.9 Å². The number of nitrogens with zero attached hydrogens (tertiary/aromatic N) is 1. The van der Waals surface area contributed by atoms with Gasteiger partial charge in [-0.3, -0.25) is 4.79 Å². The number of sulfonamides is 1. The molecule has 2 rings (SSSR count). The highest BCUT2D eigenvalue weighted by molar-refractivity contribution is 7.88. The predicted octanol–water partition coefficient (Wildman–Crippen LogP) is 3.68. The van der Waals surface area contributed by atoms with Crippen LogP contribution in [0.3, 0.4) is 0 Å². The van der Waals surface area contributed by atoms with Crippen LogP contribution in [0.25, 0.3) is 0 Å². The Bertz CT molecular complexity index is 900. The van der Waals surface area contributed by atoms with Crippen LogP contribution in [-0.2, 0) is 21.4 Å². The topological polar surface area (TPSA) is 66.5 Å². The molecule has 0 aromatic heterocycles. The van der Waals surface area contributed by atoms with Gasteiger partial charge in [0.25, 0.3) is 0 Å². The zero-order chi connectivity index (χ0) is 20.0. The molecule has 27 heavy (non-hydrogen) atoms. The zero-order valence-electron chi connectivity index (χ0n) is 15.8. The molecule has 7 heteroatoms. The third kappa shape index (κ3) is 6.06. The van der Waals surface area contributed by atoms with Crippen LogP contribution < -0.4 is 5.32 Å². The van der Waals surface area contributed by atoms with Crippen molar-refractivity contribution >= 4 is 27.5 Å². The molecule has 1 atom stereocenters. The number of aryl methyl sites for hydroxylation is 1. The molecule has 146 valence electrons. The lowest BCUT2D eigenvalue weighted by atomic mass is 9.99. The summed E-state index contributed by atoms with van der Waals surface area (Å²) in [5.41, 5.74) is 2.77. The monoisotopic (exact) mass is 408 g/mol. The van der Waals surface area contributed by atoms with E-state index in [2.05, 4.69) is 5.32 Å². The summed E-state index contributed by atoms with van der Waals surface area (Å²) in [5.74, 6) is -0.345. The van der Waals surface area contributed by atoms with Crippen LogP contribution in [0.1, 0.15) is 36.1 Å². The Hall–Kier alpha value is -1.89. The molecule has 0 aliphatic carbocycles. The van der Waals surface area contributed by atoms with E-state index in [1.165, 1.54) is 0 Å². The smallest absolute Gasteiger partial charge is 0.235 e. The Kier molecular flexibility index (Phi) is 7.41. The first-order chi connectivity index (χ1) is 12.7. The van der Waals surface area contributed by atoms with E-state index in [0.717, 1.165) is 21.7 Å². The molecule has 0 unspecified atom stereocenters. The SMILES string of the molecule is CC[C@H](NC(=O)CN(Cc1ccccc1Cl)S(C)(=O)=O)c1ccccc1C. The van der Waals surface area contributed by atoms with Gasteiger partial charge in [0.1, 0.15) is 0 Å². The van der Waals surface area contributed by atoms with E-state index in [1.807, 2.05) is 38.1 Å². The van der Waals surface area contributed by atoms with Crippen LogP contribution >= 0.6 is 11.6 Å². The largest absolute Gasteiger partial charge is 0.348 e. The molecule has 1 N–H and O–H groups in total. The van der Waals surface area contributed by atoms with Gasteiger partial charge in [-0.2, -0.15) is 4.31 Å². The first-order valence-electron chi connectivity index (χ1n) is 8.75. The highest BCUT2D eigenvalue weighted by Crippen LogP contribution is 2.21. The first kappa shape index (κ1) is 21.4. The molecule has 1 amide bonds. The number of carbonyl (C=O) groups excluding carboxylic acids is 1. The molecule has 0 bridgehead atoms. The number of halogens is 1. The molecule has 0 saturated carbocycles. The standard InChI is InChI=1S/C20H25ClN2O3S/c1-4-19(17-11-7-5-9-15(17)2)22-20(24)14-23(27(3,25)26)13-16-10-6-8-12-18(16)21/h5-12,19H,4,13-14H2,1-3H3,(H,22,24)/t19-/m0/s1. The summed E-state index contributed by atoms with van der Waals surface area (Å²) >= 11 is 6.14. The number of amides is 1. The van der Waals surface area contributed by atoms with E-state index in [9.17, 15) is 13.2 Å². The van der Waals surface area contributed by atoms with E-state index in [0.29, 0.717) is 17.0 Å².